The minimum Gasteiger partial charge on any atom is -0.317 e. The van der Waals surface area contributed by atoms with Gasteiger partial charge in [-0.2, -0.15) is 16.1 Å². The average Bonchev–Trinajstić information content (AvgIpc) is 2.39. The summed E-state index contributed by atoms with van der Waals surface area (Å²) >= 11 is 1.91. The van der Waals surface area contributed by atoms with E-state index in [1.165, 1.54) is 0 Å². The molecule has 0 amide bonds. The van der Waals surface area contributed by atoms with Crippen molar-refractivity contribution in [1.29, 1.82) is 0 Å². The third kappa shape index (κ3) is 3.85. The fourth-order valence-corrected chi connectivity index (χ4v) is 5.95. The number of nitrogens with one attached hydrogen (secondary N) is 1. The molecular formula is C12H24N2O2S2. The number of hydrogen-bond donors (Lipinski definition) is 1. The molecule has 0 bridgehead atoms. The van der Waals surface area contributed by atoms with Gasteiger partial charge >= 0.3 is 0 Å². The van der Waals surface area contributed by atoms with E-state index in [0.29, 0.717) is 30.0 Å². The summed E-state index contributed by atoms with van der Waals surface area (Å²) in [6.07, 6.45) is 3.06. The van der Waals surface area contributed by atoms with Gasteiger partial charge in [0.25, 0.3) is 0 Å². The maximum Gasteiger partial charge on any atom is 0.214 e. The van der Waals surface area contributed by atoms with Gasteiger partial charge in [-0.1, -0.05) is 6.92 Å². The maximum absolute atomic E-state index is 12.4. The highest BCUT2D eigenvalue weighted by Gasteiger charge is 2.30. The quantitative estimate of drug-likeness (QED) is 0.844. The fraction of sp³-hybridized carbons (Fsp3) is 1.00. The van der Waals surface area contributed by atoms with Crippen molar-refractivity contribution in [3.05, 3.63) is 0 Å². The van der Waals surface area contributed by atoms with Crippen LogP contribution in [-0.2, 0) is 10.0 Å². The van der Waals surface area contributed by atoms with Crippen molar-refractivity contribution >= 4 is 21.8 Å². The standard InChI is InChI=1S/C12H24N2O2S2/c1-2-12-9-14(7-8-17-12)18(15,16)10-11-3-5-13-6-4-11/h11-13H,2-10H2,1H3. The predicted octanol–water partition coefficient (Wildman–Crippen LogP) is 1.14. The van der Waals surface area contributed by atoms with Crippen LogP contribution in [0.15, 0.2) is 0 Å². The molecule has 2 fully saturated rings. The van der Waals surface area contributed by atoms with Crippen molar-refractivity contribution in [1.82, 2.24) is 9.62 Å². The van der Waals surface area contributed by atoms with Crippen LogP contribution in [0.3, 0.4) is 0 Å². The lowest BCUT2D eigenvalue weighted by Gasteiger charge is -2.32. The first-order valence-electron chi connectivity index (χ1n) is 6.92. The number of sulfonamides is 1. The normalized spacial score (nSPS) is 28.4. The minimum absolute atomic E-state index is 0.353. The molecule has 0 aliphatic carbocycles. The molecule has 1 atom stereocenters. The molecule has 2 saturated heterocycles. The molecule has 106 valence electrons. The predicted molar refractivity (Wildman–Crippen MR) is 77.5 cm³/mol. The summed E-state index contributed by atoms with van der Waals surface area (Å²) in [6.45, 7) is 5.49. The van der Waals surface area contributed by atoms with Gasteiger partial charge in [0, 0.05) is 24.1 Å². The number of thioether (sulfide) groups is 1. The first-order chi connectivity index (χ1) is 8.62. The number of piperidine rings is 1. The Kier molecular flexibility index (Phi) is 5.35. The molecule has 4 nitrogen and oxygen atoms in total. The molecule has 2 rings (SSSR count). The van der Waals surface area contributed by atoms with Gasteiger partial charge in [-0.15, -0.1) is 0 Å². The zero-order valence-corrected chi connectivity index (χ0v) is 12.7. The first-order valence-corrected chi connectivity index (χ1v) is 9.57. The molecule has 0 saturated carbocycles. The molecule has 6 heteroatoms. The summed E-state index contributed by atoms with van der Waals surface area (Å²) in [5.74, 6) is 1.66. The second kappa shape index (κ2) is 6.59. The van der Waals surface area contributed by atoms with Crippen LogP contribution in [0, 0.1) is 5.92 Å². The molecular weight excluding hydrogens is 268 g/mol. The van der Waals surface area contributed by atoms with E-state index >= 15 is 0 Å². The number of rotatable bonds is 4. The van der Waals surface area contributed by atoms with E-state index < -0.39 is 10.0 Å². The lowest BCUT2D eigenvalue weighted by Crippen LogP contribution is -2.44. The van der Waals surface area contributed by atoms with E-state index in [4.69, 9.17) is 0 Å². The first kappa shape index (κ1) is 14.6. The molecule has 1 unspecified atom stereocenters. The summed E-state index contributed by atoms with van der Waals surface area (Å²) in [5.41, 5.74) is 0. The maximum atomic E-state index is 12.4. The molecule has 18 heavy (non-hydrogen) atoms. The van der Waals surface area contributed by atoms with Crippen LogP contribution in [0.25, 0.3) is 0 Å². The van der Waals surface area contributed by atoms with Crippen LogP contribution in [0.1, 0.15) is 26.2 Å². The molecule has 2 aliphatic heterocycles. The minimum atomic E-state index is -3.03. The largest absolute Gasteiger partial charge is 0.317 e. The SMILES string of the molecule is CCC1CN(S(=O)(=O)CC2CCNCC2)CCS1. The second-order valence-corrected chi connectivity index (χ2v) is 8.65. The zero-order valence-electron chi connectivity index (χ0n) is 11.1. The van der Waals surface area contributed by atoms with Crippen molar-refractivity contribution in [3.8, 4) is 0 Å². The van der Waals surface area contributed by atoms with Crippen molar-refractivity contribution in [2.24, 2.45) is 5.92 Å². The Bertz CT molecular complexity index is 353. The molecule has 2 aliphatic rings. The van der Waals surface area contributed by atoms with Gasteiger partial charge < -0.3 is 5.32 Å². The van der Waals surface area contributed by atoms with Crippen molar-refractivity contribution in [2.75, 3.05) is 37.7 Å². The third-order valence-electron chi connectivity index (χ3n) is 3.86. The molecule has 2 heterocycles. The van der Waals surface area contributed by atoms with E-state index in [-0.39, 0.29) is 0 Å². The summed E-state index contributed by atoms with van der Waals surface area (Å²) in [5, 5.41) is 3.77. The smallest absolute Gasteiger partial charge is 0.214 e. The zero-order chi connectivity index (χ0) is 13.0. The van der Waals surface area contributed by atoms with Crippen molar-refractivity contribution in [2.45, 2.75) is 31.4 Å². The highest BCUT2D eigenvalue weighted by atomic mass is 32.2. The summed E-state index contributed by atoms with van der Waals surface area (Å²) < 4.78 is 26.6. The van der Waals surface area contributed by atoms with Crippen LogP contribution in [0.5, 0.6) is 0 Å². The van der Waals surface area contributed by atoms with E-state index in [9.17, 15) is 8.42 Å². The highest BCUT2D eigenvalue weighted by molar-refractivity contribution is 8.00. The van der Waals surface area contributed by atoms with Crippen molar-refractivity contribution in [3.63, 3.8) is 0 Å². The Morgan fingerprint density at radius 1 is 1.33 bits per heavy atom. The third-order valence-corrected chi connectivity index (χ3v) is 7.24. The van der Waals surface area contributed by atoms with Crippen LogP contribution in [0.4, 0.5) is 0 Å². The Morgan fingerprint density at radius 3 is 2.72 bits per heavy atom. The lowest BCUT2D eigenvalue weighted by molar-refractivity contribution is 0.377. The van der Waals surface area contributed by atoms with Gasteiger partial charge in [0.05, 0.1) is 5.75 Å². The van der Waals surface area contributed by atoms with Gasteiger partial charge in [0.15, 0.2) is 0 Å². The topological polar surface area (TPSA) is 49.4 Å². The molecule has 0 aromatic carbocycles. The summed E-state index contributed by atoms with van der Waals surface area (Å²) in [6, 6.07) is 0. The van der Waals surface area contributed by atoms with E-state index in [2.05, 4.69) is 12.2 Å². The number of hydrogen-bond acceptors (Lipinski definition) is 4. The average molecular weight is 292 g/mol. The lowest BCUT2D eigenvalue weighted by atomic mass is 10.0. The fourth-order valence-electron chi connectivity index (χ4n) is 2.64. The Hall–Kier alpha value is 0.220. The Balaban J connectivity index is 1.92. The molecule has 1 N–H and O–H groups in total. The second-order valence-electron chi connectivity index (χ2n) is 5.23. The summed E-state index contributed by atoms with van der Waals surface area (Å²) in [7, 11) is -3.03. The van der Waals surface area contributed by atoms with Gasteiger partial charge in [-0.05, 0) is 38.3 Å². The number of nitrogens with zero attached hydrogens (tertiary/aromatic N) is 1. The van der Waals surface area contributed by atoms with Gasteiger partial charge in [-0.25, -0.2) is 8.42 Å². The van der Waals surface area contributed by atoms with E-state index in [1.807, 2.05) is 11.8 Å². The van der Waals surface area contributed by atoms with Gasteiger partial charge in [0.2, 0.25) is 10.0 Å². The Labute approximate surface area is 115 Å². The van der Waals surface area contributed by atoms with Gasteiger partial charge in [-0.3, -0.25) is 0 Å². The monoisotopic (exact) mass is 292 g/mol. The van der Waals surface area contributed by atoms with Crippen LogP contribution in [-0.4, -0.2) is 55.7 Å². The summed E-state index contributed by atoms with van der Waals surface area (Å²) in [4.78, 5) is 0. The molecule has 0 aromatic rings. The van der Waals surface area contributed by atoms with Crippen LogP contribution < -0.4 is 5.32 Å². The van der Waals surface area contributed by atoms with E-state index in [0.717, 1.165) is 38.1 Å². The van der Waals surface area contributed by atoms with Gasteiger partial charge in [0.1, 0.15) is 0 Å². The molecule has 0 radical (unpaired) electrons. The highest BCUT2D eigenvalue weighted by Crippen LogP contribution is 2.25. The van der Waals surface area contributed by atoms with Crippen molar-refractivity contribution < 1.29 is 8.42 Å². The molecule has 0 spiro atoms. The Morgan fingerprint density at radius 2 is 2.06 bits per heavy atom. The van der Waals surface area contributed by atoms with Crippen LogP contribution >= 0.6 is 11.8 Å². The van der Waals surface area contributed by atoms with E-state index in [1.54, 1.807) is 4.31 Å². The van der Waals surface area contributed by atoms with Crippen LogP contribution in [0.2, 0.25) is 0 Å². The molecule has 0 aromatic heterocycles.